The van der Waals surface area contributed by atoms with E-state index in [0.717, 1.165) is 13.0 Å². The maximum atomic E-state index is 9.95. The molecule has 2 rings (SSSR count). The summed E-state index contributed by atoms with van der Waals surface area (Å²) in [6, 6.07) is 1.27. The first-order chi connectivity index (χ1) is 8.75. The summed E-state index contributed by atoms with van der Waals surface area (Å²) < 4.78 is 0. The Bertz CT molecular complexity index is 229. The van der Waals surface area contributed by atoms with Crippen LogP contribution < -0.4 is 10.6 Å². The van der Waals surface area contributed by atoms with Crippen molar-refractivity contribution in [3.05, 3.63) is 0 Å². The van der Waals surface area contributed by atoms with Crippen molar-refractivity contribution in [2.45, 2.75) is 76.5 Å². The lowest BCUT2D eigenvalue weighted by Crippen LogP contribution is -2.42. The standard InChI is InChI=1S/C15H30N2O/c1-12(10-14-7-4-5-9-16-14)17-11-13-6-2-3-8-15(13)18/h12-18H,2-11H2,1H3. The monoisotopic (exact) mass is 254 g/mol. The third kappa shape index (κ3) is 4.52. The van der Waals surface area contributed by atoms with E-state index in [1.807, 2.05) is 0 Å². The molecule has 0 radical (unpaired) electrons. The molecule has 106 valence electrons. The van der Waals surface area contributed by atoms with Crippen LogP contribution >= 0.6 is 0 Å². The van der Waals surface area contributed by atoms with Crippen molar-refractivity contribution in [2.24, 2.45) is 5.92 Å². The minimum absolute atomic E-state index is 0.0637. The van der Waals surface area contributed by atoms with Crippen LogP contribution in [-0.4, -0.2) is 36.4 Å². The van der Waals surface area contributed by atoms with Crippen LogP contribution in [0.25, 0.3) is 0 Å². The normalized spacial score (nSPS) is 35.3. The van der Waals surface area contributed by atoms with Crippen molar-refractivity contribution in [1.82, 2.24) is 10.6 Å². The highest BCUT2D eigenvalue weighted by Crippen LogP contribution is 2.23. The summed E-state index contributed by atoms with van der Waals surface area (Å²) in [4.78, 5) is 0. The van der Waals surface area contributed by atoms with Gasteiger partial charge in [-0.2, -0.15) is 0 Å². The Hall–Kier alpha value is -0.120. The van der Waals surface area contributed by atoms with Gasteiger partial charge in [-0.25, -0.2) is 0 Å². The van der Waals surface area contributed by atoms with E-state index in [-0.39, 0.29) is 6.10 Å². The highest BCUT2D eigenvalue weighted by Gasteiger charge is 2.23. The minimum atomic E-state index is -0.0637. The number of hydrogen-bond donors (Lipinski definition) is 3. The van der Waals surface area contributed by atoms with Gasteiger partial charge in [0, 0.05) is 18.6 Å². The van der Waals surface area contributed by atoms with Gasteiger partial charge in [-0.1, -0.05) is 19.3 Å². The van der Waals surface area contributed by atoms with Crippen LogP contribution in [0.2, 0.25) is 0 Å². The maximum Gasteiger partial charge on any atom is 0.0580 e. The van der Waals surface area contributed by atoms with Gasteiger partial charge in [-0.05, 0) is 51.5 Å². The van der Waals surface area contributed by atoms with Gasteiger partial charge in [-0.3, -0.25) is 0 Å². The third-order valence-corrected chi connectivity index (χ3v) is 4.65. The van der Waals surface area contributed by atoms with Crippen LogP contribution in [0.15, 0.2) is 0 Å². The molecule has 0 aromatic carbocycles. The molecule has 0 bridgehead atoms. The molecule has 18 heavy (non-hydrogen) atoms. The highest BCUT2D eigenvalue weighted by atomic mass is 16.3. The van der Waals surface area contributed by atoms with Gasteiger partial charge >= 0.3 is 0 Å². The molecule has 3 nitrogen and oxygen atoms in total. The molecule has 0 aromatic rings. The fourth-order valence-corrected chi connectivity index (χ4v) is 3.41. The second kappa shape index (κ2) is 7.46. The van der Waals surface area contributed by atoms with Gasteiger partial charge < -0.3 is 15.7 Å². The van der Waals surface area contributed by atoms with Crippen molar-refractivity contribution in [1.29, 1.82) is 0 Å². The molecule has 0 aromatic heterocycles. The molecule has 4 unspecified atom stereocenters. The SMILES string of the molecule is CC(CC1CCCCN1)NCC1CCCCC1O. The molecular weight excluding hydrogens is 224 g/mol. The Labute approximate surface area is 112 Å². The summed E-state index contributed by atoms with van der Waals surface area (Å²) in [5.41, 5.74) is 0. The molecule has 1 aliphatic heterocycles. The molecule has 0 spiro atoms. The van der Waals surface area contributed by atoms with E-state index < -0.39 is 0 Å². The van der Waals surface area contributed by atoms with Crippen LogP contribution in [0.3, 0.4) is 0 Å². The van der Waals surface area contributed by atoms with Gasteiger partial charge in [0.05, 0.1) is 6.10 Å². The first-order valence-electron chi connectivity index (χ1n) is 7.90. The molecule has 1 heterocycles. The first-order valence-corrected chi connectivity index (χ1v) is 7.90. The number of aliphatic hydroxyl groups excluding tert-OH is 1. The molecule has 4 atom stereocenters. The lowest BCUT2D eigenvalue weighted by atomic mass is 9.86. The summed E-state index contributed by atoms with van der Waals surface area (Å²) in [7, 11) is 0. The Balaban J connectivity index is 1.62. The quantitative estimate of drug-likeness (QED) is 0.703. The predicted octanol–water partition coefficient (Wildman–Crippen LogP) is 2.05. The minimum Gasteiger partial charge on any atom is -0.393 e. The van der Waals surface area contributed by atoms with Gasteiger partial charge in [-0.15, -0.1) is 0 Å². The van der Waals surface area contributed by atoms with E-state index in [1.165, 1.54) is 51.5 Å². The predicted molar refractivity (Wildman–Crippen MR) is 75.7 cm³/mol. The lowest BCUT2D eigenvalue weighted by Gasteiger charge is -2.31. The zero-order valence-corrected chi connectivity index (χ0v) is 11.8. The fourth-order valence-electron chi connectivity index (χ4n) is 3.41. The van der Waals surface area contributed by atoms with Gasteiger partial charge in [0.1, 0.15) is 0 Å². The molecule has 3 heteroatoms. The van der Waals surface area contributed by atoms with Crippen LogP contribution in [0.1, 0.15) is 58.3 Å². The molecule has 1 aliphatic carbocycles. The Morgan fingerprint density at radius 3 is 2.67 bits per heavy atom. The summed E-state index contributed by atoms with van der Waals surface area (Å²) >= 11 is 0. The van der Waals surface area contributed by atoms with E-state index in [1.54, 1.807) is 0 Å². The average Bonchev–Trinajstić information content (AvgIpc) is 2.39. The smallest absolute Gasteiger partial charge is 0.0580 e. The summed E-state index contributed by atoms with van der Waals surface area (Å²) in [6.45, 7) is 4.47. The molecule has 0 amide bonds. The topological polar surface area (TPSA) is 44.3 Å². The Morgan fingerprint density at radius 2 is 1.94 bits per heavy atom. The van der Waals surface area contributed by atoms with E-state index in [0.29, 0.717) is 18.0 Å². The number of hydrogen-bond acceptors (Lipinski definition) is 3. The van der Waals surface area contributed by atoms with Gasteiger partial charge in [0.25, 0.3) is 0 Å². The van der Waals surface area contributed by atoms with Crippen molar-refractivity contribution in [3.8, 4) is 0 Å². The zero-order valence-electron chi connectivity index (χ0n) is 11.8. The lowest BCUT2D eigenvalue weighted by molar-refractivity contribution is 0.0680. The average molecular weight is 254 g/mol. The number of piperidine rings is 1. The van der Waals surface area contributed by atoms with Gasteiger partial charge in [0.15, 0.2) is 0 Å². The largest absolute Gasteiger partial charge is 0.393 e. The maximum absolute atomic E-state index is 9.95. The van der Waals surface area contributed by atoms with Crippen molar-refractivity contribution < 1.29 is 5.11 Å². The van der Waals surface area contributed by atoms with Crippen molar-refractivity contribution in [3.63, 3.8) is 0 Å². The Kier molecular flexibility index (Phi) is 5.93. The zero-order chi connectivity index (χ0) is 12.8. The molecule has 1 saturated heterocycles. The number of nitrogens with one attached hydrogen (secondary N) is 2. The van der Waals surface area contributed by atoms with E-state index >= 15 is 0 Å². The van der Waals surface area contributed by atoms with Crippen LogP contribution in [0, 0.1) is 5.92 Å². The number of rotatable bonds is 5. The summed E-state index contributed by atoms with van der Waals surface area (Å²) in [5, 5.41) is 17.2. The first kappa shape index (κ1) is 14.3. The summed E-state index contributed by atoms with van der Waals surface area (Å²) in [5.74, 6) is 0.487. The van der Waals surface area contributed by atoms with Crippen LogP contribution in [0.5, 0.6) is 0 Å². The van der Waals surface area contributed by atoms with E-state index in [4.69, 9.17) is 0 Å². The van der Waals surface area contributed by atoms with Crippen molar-refractivity contribution >= 4 is 0 Å². The fraction of sp³-hybridized carbons (Fsp3) is 1.00. The van der Waals surface area contributed by atoms with E-state index in [2.05, 4.69) is 17.6 Å². The van der Waals surface area contributed by atoms with Crippen LogP contribution in [0.4, 0.5) is 0 Å². The molecule has 2 fully saturated rings. The van der Waals surface area contributed by atoms with Crippen molar-refractivity contribution in [2.75, 3.05) is 13.1 Å². The number of aliphatic hydroxyl groups is 1. The summed E-state index contributed by atoms with van der Waals surface area (Å²) in [6.07, 6.45) is 9.92. The third-order valence-electron chi connectivity index (χ3n) is 4.65. The molecular formula is C15H30N2O. The van der Waals surface area contributed by atoms with Gasteiger partial charge in [0.2, 0.25) is 0 Å². The van der Waals surface area contributed by atoms with E-state index in [9.17, 15) is 5.11 Å². The highest BCUT2D eigenvalue weighted by molar-refractivity contribution is 4.80. The van der Waals surface area contributed by atoms with Crippen LogP contribution in [-0.2, 0) is 0 Å². The Morgan fingerprint density at radius 1 is 1.17 bits per heavy atom. The molecule has 3 N–H and O–H groups in total. The molecule has 1 saturated carbocycles. The second-order valence-electron chi connectivity index (χ2n) is 6.30. The second-order valence-corrected chi connectivity index (χ2v) is 6.30. The molecule has 2 aliphatic rings.